The second kappa shape index (κ2) is 4.19. The zero-order valence-corrected chi connectivity index (χ0v) is 9.49. The summed E-state index contributed by atoms with van der Waals surface area (Å²) in [6, 6.07) is 0. The van der Waals surface area contributed by atoms with E-state index in [9.17, 15) is 0 Å². The van der Waals surface area contributed by atoms with E-state index in [1.54, 1.807) is 0 Å². The van der Waals surface area contributed by atoms with Gasteiger partial charge in [-0.3, -0.25) is 0 Å². The average molecular weight is 202 g/mol. The Hall–Kier alpha value is -1.08. The van der Waals surface area contributed by atoms with Crippen molar-refractivity contribution < 1.29 is 4.74 Å². The molecule has 2 fully saturated rings. The van der Waals surface area contributed by atoms with Gasteiger partial charge in [-0.2, -0.15) is 0 Å². The predicted molar refractivity (Wildman–Crippen MR) is 60.6 cm³/mol. The molecule has 0 heterocycles. The van der Waals surface area contributed by atoms with Crippen molar-refractivity contribution in [2.45, 2.75) is 26.7 Å². The first-order chi connectivity index (χ1) is 7.24. The first-order valence-corrected chi connectivity index (χ1v) is 5.81. The lowest BCUT2D eigenvalue weighted by atomic mass is 9.76. The summed E-state index contributed by atoms with van der Waals surface area (Å²) in [6.07, 6.45) is 10.3. The number of fused-ring (bicyclic) bond motifs is 2. The van der Waals surface area contributed by atoms with Gasteiger partial charge in [0.05, 0.1) is 0 Å². The predicted octanol–water partition coefficient (Wildman–Crippen LogP) is 2.53. The molecule has 0 saturated heterocycles. The van der Waals surface area contributed by atoms with Gasteiger partial charge in [0.2, 0.25) is 0 Å². The molecule has 80 valence electrons. The topological polar surface area (TPSA) is 9.23 Å². The number of ether oxygens (including phenoxy) is 1. The van der Waals surface area contributed by atoms with Gasteiger partial charge in [-0.1, -0.05) is 13.8 Å². The fourth-order valence-corrected chi connectivity index (χ4v) is 3.50. The highest BCUT2D eigenvalue weighted by Crippen LogP contribution is 2.54. The van der Waals surface area contributed by atoms with E-state index in [-0.39, 0.29) is 0 Å². The Morgan fingerprint density at radius 3 is 2.67 bits per heavy atom. The summed E-state index contributed by atoms with van der Waals surface area (Å²) >= 11 is 0. The highest BCUT2D eigenvalue weighted by molar-refractivity contribution is 5.18. The molecule has 0 aromatic rings. The standard InChI is InChI=1S/C14H18O/c1-4-5-6-15-9-13-7-12-8-14(13)11(3)10(12)2/h1,10-14H,7-9H2,2-3H3. The summed E-state index contributed by atoms with van der Waals surface area (Å²) in [6.45, 7) is 5.55. The van der Waals surface area contributed by atoms with Crippen molar-refractivity contribution in [3.8, 4) is 24.4 Å². The summed E-state index contributed by atoms with van der Waals surface area (Å²) in [4.78, 5) is 0. The molecule has 1 nitrogen and oxygen atoms in total. The molecule has 0 N–H and O–H groups in total. The largest absolute Gasteiger partial charge is 0.446 e. The number of hydrogen-bond acceptors (Lipinski definition) is 1. The lowest BCUT2D eigenvalue weighted by molar-refractivity contribution is 0.118. The first-order valence-electron chi connectivity index (χ1n) is 5.81. The minimum absolute atomic E-state index is 0.716. The van der Waals surface area contributed by atoms with Crippen molar-refractivity contribution in [1.82, 2.24) is 0 Å². The molecular weight excluding hydrogens is 184 g/mol. The van der Waals surface area contributed by atoms with Gasteiger partial charge >= 0.3 is 0 Å². The molecule has 0 amide bonds. The Labute approximate surface area is 92.6 Å². The van der Waals surface area contributed by atoms with E-state index in [4.69, 9.17) is 11.2 Å². The summed E-state index contributed by atoms with van der Waals surface area (Å²) in [5.74, 6) is 9.02. The molecule has 0 radical (unpaired) electrons. The molecular formula is C14H18O. The third kappa shape index (κ3) is 1.84. The number of terminal acetylenes is 1. The zero-order chi connectivity index (χ0) is 10.8. The monoisotopic (exact) mass is 202 g/mol. The van der Waals surface area contributed by atoms with Crippen LogP contribution in [0.5, 0.6) is 0 Å². The smallest absolute Gasteiger partial charge is 0.124 e. The van der Waals surface area contributed by atoms with Crippen LogP contribution in [0.25, 0.3) is 0 Å². The van der Waals surface area contributed by atoms with E-state index in [0.29, 0.717) is 5.92 Å². The van der Waals surface area contributed by atoms with Gasteiger partial charge in [0.15, 0.2) is 0 Å². The molecule has 0 aromatic heterocycles. The zero-order valence-electron chi connectivity index (χ0n) is 9.49. The van der Waals surface area contributed by atoms with E-state index in [1.807, 2.05) is 0 Å². The SMILES string of the molecule is C#CC#COCC1CC2CC1C(C)C2C. The average Bonchev–Trinajstić information content (AvgIpc) is 2.75. The molecule has 0 aliphatic heterocycles. The van der Waals surface area contributed by atoms with Gasteiger partial charge in [-0.05, 0) is 48.4 Å². The molecule has 2 rings (SSSR count). The fourth-order valence-electron chi connectivity index (χ4n) is 3.50. The van der Waals surface area contributed by atoms with Crippen molar-refractivity contribution in [3.63, 3.8) is 0 Å². The molecule has 0 aromatic carbocycles. The van der Waals surface area contributed by atoms with Crippen LogP contribution >= 0.6 is 0 Å². The highest BCUT2D eigenvalue weighted by atomic mass is 16.5. The molecule has 2 aliphatic rings. The quantitative estimate of drug-likeness (QED) is 0.625. The molecule has 1 heteroatoms. The molecule has 0 spiro atoms. The molecule has 5 atom stereocenters. The molecule has 2 aliphatic carbocycles. The third-order valence-electron chi connectivity index (χ3n) is 4.53. The maximum atomic E-state index is 5.29. The van der Waals surface area contributed by atoms with Crippen LogP contribution < -0.4 is 0 Å². The maximum absolute atomic E-state index is 5.29. The van der Waals surface area contributed by atoms with Gasteiger partial charge in [0.1, 0.15) is 12.7 Å². The van der Waals surface area contributed by atoms with Crippen molar-refractivity contribution in [2.75, 3.05) is 6.61 Å². The van der Waals surface area contributed by atoms with Crippen LogP contribution in [0.15, 0.2) is 0 Å². The van der Waals surface area contributed by atoms with Gasteiger partial charge in [-0.15, -0.1) is 6.42 Å². The van der Waals surface area contributed by atoms with Crippen molar-refractivity contribution >= 4 is 0 Å². The van der Waals surface area contributed by atoms with Crippen molar-refractivity contribution in [3.05, 3.63) is 0 Å². The molecule has 2 bridgehead atoms. The van der Waals surface area contributed by atoms with Crippen LogP contribution in [0.4, 0.5) is 0 Å². The lowest BCUT2D eigenvalue weighted by Crippen LogP contribution is -2.26. The number of hydrogen-bond donors (Lipinski definition) is 0. The Morgan fingerprint density at radius 1 is 1.27 bits per heavy atom. The minimum Gasteiger partial charge on any atom is -0.446 e. The van der Waals surface area contributed by atoms with Crippen LogP contribution in [-0.2, 0) is 4.74 Å². The molecule has 15 heavy (non-hydrogen) atoms. The van der Waals surface area contributed by atoms with Gasteiger partial charge in [0.25, 0.3) is 0 Å². The van der Waals surface area contributed by atoms with E-state index in [1.165, 1.54) is 12.8 Å². The highest BCUT2D eigenvalue weighted by Gasteiger charge is 2.48. The van der Waals surface area contributed by atoms with Gasteiger partial charge in [-0.25, -0.2) is 0 Å². The Morgan fingerprint density at radius 2 is 2.07 bits per heavy atom. The van der Waals surface area contributed by atoms with Crippen molar-refractivity contribution in [1.29, 1.82) is 0 Å². The number of rotatable bonds is 2. The first kappa shape index (κ1) is 10.4. The summed E-state index contributed by atoms with van der Waals surface area (Å²) in [5.41, 5.74) is 0. The third-order valence-corrected chi connectivity index (χ3v) is 4.53. The second-order valence-corrected chi connectivity index (χ2v) is 5.06. The van der Waals surface area contributed by atoms with E-state index < -0.39 is 0 Å². The Bertz CT molecular complexity index is 325. The van der Waals surface area contributed by atoms with Crippen LogP contribution in [0.1, 0.15) is 26.7 Å². The van der Waals surface area contributed by atoms with E-state index in [0.717, 1.165) is 30.3 Å². The van der Waals surface area contributed by atoms with E-state index >= 15 is 0 Å². The maximum Gasteiger partial charge on any atom is 0.124 e. The normalized spacial score (nSPS) is 41.8. The minimum atomic E-state index is 0.716. The van der Waals surface area contributed by atoms with Crippen LogP contribution in [-0.4, -0.2) is 6.61 Å². The summed E-state index contributed by atoms with van der Waals surface area (Å²) in [5, 5.41) is 0. The van der Waals surface area contributed by atoms with Crippen LogP contribution in [0.2, 0.25) is 0 Å². The lowest BCUT2D eigenvalue weighted by Gasteiger charge is -2.30. The molecule has 5 unspecified atom stereocenters. The van der Waals surface area contributed by atoms with Crippen LogP contribution in [0.3, 0.4) is 0 Å². The van der Waals surface area contributed by atoms with Gasteiger partial charge in [0, 0.05) is 5.92 Å². The summed E-state index contributed by atoms with van der Waals surface area (Å²) < 4.78 is 5.29. The Kier molecular flexibility index (Phi) is 2.92. The summed E-state index contributed by atoms with van der Waals surface area (Å²) in [7, 11) is 0. The fraction of sp³-hybridized carbons (Fsp3) is 0.714. The second-order valence-electron chi connectivity index (χ2n) is 5.06. The van der Waals surface area contributed by atoms with Crippen LogP contribution in [0, 0.1) is 54.0 Å². The van der Waals surface area contributed by atoms with Crippen molar-refractivity contribution in [2.24, 2.45) is 29.6 Å². The van der Waals surface area contributed by atoms with E-state index in [2.05, 4.69) is 31.8 Å². The Balaban J connectivity index is 1.85. The molecule has 2 saturated carbocycles. The van der Waals surface area contributed by atoms with Gasteiger partial charge < -0.3 is 4.74 Å².